The molecule has 1 aliphatic rings. The summed E-state index contributed by atoms with van der Waals surface area (Å²) in [7, 11) is 1.82. The molecule has 6 heteroatoms. The molecule has 0 aliphatic heterocycles. The topological polar surface area (TPSA) is 48.9 Å². The number of hydrogen-bond acceptors (Lipinski definition) is 3. The molecule has 1 rings (SSSR count). The first kappa shape index (κ1) is 22.9. The lowest BCUT2D eigenvalue weighted by atomic mass is 10.2. The van der Waals surface area contributed by atoms with Gasteiger partial charge in [0, 0.05) is 26.2 Å². The minimum Gasteiger partial charge on any atom is -0.379 e. The van der Waals surface area contributed by atoms with Crippen molar-refractivity contribution in [3.63, 3.8) is 0 Å². The van der Waals surface area contributed by atoms with E-state index in [-0.39, 0.29) is 24.0 Å². The number of hydrogen-bond donors (Lipinski definition) is 2. The Morgan fingerprint density at radius 2 is 2.00 bits per heavy atom. The molecule has 0 aromatic rings. The molecular weight excluding hydrogens is 403 g/mol. The summed E-state index contributed by atoms with van der Waals surface area (Å²) in [6, 6.07) is 0.439. The molecule has 0 bridgehead atoms. The lowest BCUT2D eigenvalue weighted by Gasteiger charge is -2.21. The third kappa shape index (κ3) is 12.0. The van der Waals surface area contributed by atoms with Crippen LogP contribution in [0.5, 0.6) is 0 Å². The number of rotatable bonds is 12. The second kappa shape index (κ2) is 14.3. The summed E-state index contributed by atoms with van der Waals surface area (Å²) in [6.45, 7) is 12.6. The molecule has 138 valence electrons. The molecule has 1 fully saturated rings. The van der Waals surface area contributed by atoms with Gasteiger partial charge in [-0.2, -0.15) is 0 Å². The van der Waals surface area contributed by atoms with Gasteiger partial charge in [0.2, 0.25) is 0 Å². The van der Waals surface area contributed by atoms with E-state index in [4.69, 9.17) is 4.74 Å². The summed E-state index contributed by atoms with van der Waals surface area (Å²) >= 11 is 0. The fourth-order valence-corrected chi connectivity index (χ4v) is 2.44. The van der Waals surface area contributed by atoms with E-state index >= 15 is 0 Å². The Kier molecular flexibility index (Phi) is 14.2. The Labute approximate surface area is 160 Å². The summed E-state index contributed by atoms with van der Waals surface area (Å²) in [6.07, 6.45) is 5.08. The van der Waals surface area contributed by atoms with Gasteiger partial charge in [0.1, 0.15) is 0 Å². The van der Waals surface area contributed by atoms with Gasteiger partial charge in [-0.15, -0.1) is 24.0 Å². The van der Waals surface area contributed by atoms with Crippen LogP contribution < -0.4 is 10.6 Å². The molecule has 0 radical (unpaired) electrons. The van der Waals surface area contributed by atoms with E-state index in [9.17, 15) is 0 Å². The zero-order valence-electron chi connectivity index (χ0n) is 15.4. The number of ether oxygens (including phenoxy) is 1. The van der Waals surface area contributed by atoms with E-state index in [2.05, 4.69) is 41.3 Å². The molecule has 23 heavy (non-hydrogen) atoms. The van der Waals surface area contributed by atoms with Crippen molar-refractivity contribution in [2.75, 3.05) is 46.4 Å². The first-order valence-electron chi connectivity index (χ1n) is 8.96. The monoisotopic (exact) mass is 440 g/mol. The van der Waals surface area contributed by atoms with Crippen LogP contribution in [-0.4, -0.2) is 63.3 Å². The van der Waals surface area contributed by atoms with E-state index in [1.54, 1.807) is 0 Å². The van der Waals surface area contributed by atoms with Crippen molar-refractivity contribution in [2.45, 2.75) is 52.5 Å². The lowest BCUT2D eigenvalue weighted by Crippen LogP contribution is -2.43. The van der Waals surface area contributed by atoms with Crippen LogP contribution in [-0.2, 0) is 4.74 Å². The lowest BCUT2D eigenvalue weighted by molar-refractivity contribution is 0.129. The van der Waals surface area contributed by atoms with Crippen LogP contribution in [0.1, 0.15) is 46.5 Å². The van der Waals surface area contributed by atoms with Gasteiger partial charge >= 0.3 is 0 Å². The van der Waals surface area contributed by atoms with Crippen LogP contribution in [0.25, 0.3) is 0 Å². The Bertz CT molecular complexity index is 307. The minimum absolute atomic E-state index is 0. The molecule has 0 heterocycles. The van der Waals surface area contributed by atoms with Crippen LogP contribution in [0, 0.1) is 5.92 Å². The summed E-state index contributed by atoms with van der Waals surface area (Å²) in [5.41, 5.74) is 0. The van der Waals surface area contributed by atoms with E-state index in [0.29, 0.717) is 6.04 Å². The van der Waals surface area contributed by atoms with Crippen molar-refractivity contribution >= 4 is 29.9 Å². The van der Waals surface area contributed by atoms with Crippen molar-refractivity contribution in [1.82, 2.24) is 15.5 Å². The van der Waals surface area contributed by atoms with Gasteiger partial charge in [-0.1, -0.05) is 13.8 Å². The standard InChI is InChI=1S/C17H36N4O.HI/c1-5-21(6-2)12-7-8-15(3)20-17(18-4)19-11-13-22-14-16-9-10-16;/h15-16H,5-14H2,1-4H3,(H2,18,19,20);1H. The van der Waals surface area contributed by atoms with E-state index < -0.39 is 0 Å². The Balaban J connectivity index is 0.00000484. The first-order chi connectivity index (χ1) is 10.7. The Morgan fingerprint density at radius 1 is 1.30 bits per heavy atom. The van der Waals surface area contributed by atoms with Crippen molar-refractivity contribution in [3.8, 4) is 0 Å². The number of halogens is 1. The fourth-order valence-electron chi connectivity index (χ4n) is 2.44. The SMILES string of the molecule is CCN(CC)CCCC(C)NC(=NC)NCCOCC1CC1.I. The molecule has 1 unspecified atom stereocenters. The molecule has 0 aromatic carbocycles. The third-order valence-corrected chi connectivity index (χ3v) is 4.20. The highest BCUT2D eigenvalue weighted by atomic mass is 127. The van der Waals surface area contributed by atoms with Crippen molar-refractivity contribution < 1.29 is 4.74 Å². The van der Waals surface area contributed by atoms with E-state index in [0.717, 1.165) is 51.1 Å². The predicted octanol–water partition coefficient (Wildman–Crippen LogP) is 2.71. The number of nitrogens with zero attached hydrogens (tertiary/aromatic N) is 2. The third-order valence-electron chi connectivity index (χ3n) is 4.20. The molecule has 0 spiro atoms. The maximum Gasteiger partial charge on any atom is 0.191 e. The fraction of sp³-hybridized carbons (Fsp3) is 0.941. The number of aliphatic imine (C=N–C) groups is 1. The average molecular weight is 440 g/mol. The van der Waals surface area contributed by atoms with Crippen LogP contribution in [0.3, 0.4) is 0 Å². The van der Waals surface area contributed by atoms with Gasteiger partial charge < -0.3 is 20.3 Å². The molecule has 0 saturated heterocycles. The van der Waals surface area contributed by atoms with E-state index in [1.165, 1.54) is 25.8 Å². The number of nitrogens with one attached hydrogen (secondary N) is 2. The van der Waals surface area contributed by atoms with Gasteiger partial charge in [-0.05, 0) is 58.2 Å². The second-order valence-electron chi connectivity index (χ2n) is 6.23. The Morgan fingerprint density at radius 3 is 2.57 bits per heavy atom. The van der Waals surface area contributed by atoms with Gasteiger partial charge in [0.15, 0.2) is 5.96 Å². The zero-order chi connectivity index (χ0) is 16.2. The molecule has 1 atom stereocenters. The van der Waals surface area contributed by atoms with E-state index in [1.807, 2.05) is 7.05 Å². The first-order valence-corrected chi connectivity index (χ1v) is 8.96. The molecule has 5 nitrogen and oxygen atoms in total. The van der Waals surface area contributed by atoms with Gasteiger partial charge in [0.05, 0.1) is 6.61 Å². The molecule has 1 saturated carbocycles. The number of guanidine groups is 1. The molecular formula is C17H37IN4O. The van der Waals surface area contributed by atoms with Crippen LogP contribution in [0.2, 0.25) is 0 Å². The molecule has 0 amide bonds. The summed E-state index contributed by atoms with van der Waals surface area (Å²) in [4.78, 5) is 6.75. The summed E-state index contributed by atoms with van der Waals surface area (Å²) in [5.74, 6) is 1.72. The quantitative estimate of drug-likeness (QED) is 0.212. The van der Waals surface area contributed by atoms with Crippen molar-refractivity contribution in [1.29, 1.82) is 0 Å². The normalized spacial score (nSPS) is 16.1. The highest BCUT2D eigenvalue weighted by molar-refractivity contribution is 14.0. The van der Waals surface area contributed by atoms with Gasteiger partial charge in [0.25, 0.3) is 0 Å². The van der Waals surface area contributed by atoms with Crippen LogP contribution >= 0.6 is 24.0 Å². The molecule has 0 aromatic heterocycles. The predicted molar refractivity (Wildman–Crippen MR) is 110 cm³/mol. The smallest absolute Gasteiger partial charge is 0.191 e. The highest BCUT2D eigenvalue weighted by Gasteiger charge is 2.20. The van der Waals surface area contributed by atoms with Crippen LogP contribution in [0.15, 0.2) is 4.99 Å². The van der Waals surface area contributed by atoms with Gasteiger partial charge in [-0.3, -0.25) is 4.99 Å². The van der Waals surface area contributed by atoms with Crippen molar-refractivity contribution in [3.05, 3.63) is 0 Å². The van der Waals surface area contributed by atoms with Crippen LogP contribution in [0.4, 0.5) is 0 Å². The summed E-state index contributed by atoms with van der Waals surface area (Å²) < 4.78 is 5.62. The maximum absolute atomic E-state index is 5.62. The maximum atomic E-state index is 5.62. The largest absolute Gasteiger partial charge is 0.379 e. The average Bonchev–Trinajstić information content (AvgIpc) is 3.34. The summed E-state index contributed by atoms with van der Waals surface area (Å²) in [5, 5.41) is 6.77. The highest BCUT2D eigenvalue weighted by Crippen LogP contribution is 2.28. The molecule has 2 N–H and O–H groups in total. The molecule has 1 aliphatic carbocycles. The van der Waals surface area contributed by atoms with Crippen molar-refractivity contribution in [2.24, 2.45) is 10.9 Å². The Hall–Kier alpha value is -0.0800. The van der Waals surface area contributed by atoms with Gasteiger partial charge in [-0.25, -0.2) is 0 Å². The second-order valence-corrected chi connectivity index (χ2v) is 6.23. The zero-order valence-corrected chi connectivity index (χ0v) is 17.8. The minimum atomic E-state index is 0.